The number of hydrogen-bond acceptors (Lipinski definition) is 4. The Morgan fingerprint density at radius 1 is 0.467 bits per heavy atom. The summed E-state index contributed by atoms with van der Waals surface area (Å²) in [5.41, 5.74) is 10.4. The topological polar surface area (TPSA) is 52.1 Å². The Kier molecular flexibility index (Phi) is 4.89. The maximum Gasteiger partial charge on any atom is 0.143 e. The number of rotatable bonds is 2. The van der Waals surface area contributed by atoms with Crippen molar-refractivity contribution in [1.82, 2.24) is 9.97 Å². The van der Waals surface area contributed by atoms with Crippen LogP contribution in [0.4, 0.5) is 0 Å². The molecule has 0 saturated carbocycles. The normalized spacial score (nSPS) is 12.1. The molecule has 4 heteroatoms. The van der Waals surface area contributed by atoms with E-state index < -0.39 is 0 Å². The fraction of sp³-hybridized carbons (Fsp3) is 0.0244. The van der Waals surface area contributed by atoms with Crippen molar-refractivity contribution < 1.29 is 8.83 Å². The van der Waals surface area contributed by atoms with Gasteiger partial charge in [-0.05, 0) is 47.0 Å². The standard InChI is InChI=1S/C41H24N2O2/c1-23-9-6-17-31-33-20-37-34(21-36(33)44-40(23)31)32-18-8-16-26(41(32)45-37)24-10-7-11-25(19-24)35-22-42-38-29-14-4-2-12-27(29)28-13-3-5-15-30(28)39(38)43-35/h2-22H,1H3. The molecule has 0 aliphatic heterocycles. The van der Waals surface area contributed by atoms with Gasteiger partial charge in [-0.1, -0.05) is 103 Å². The van der Waals surface area contributed by atoms with Crippen LogP contribution in [0.15, 0.2) is 136 Å². The monoisotopic (exact) mass is 576 g/mol. The van der Waals surface area contributed by atoms with Crippen LogP contribution in [0.5, 0.6) is 0 Å². The van der Waals surface area contributed by atoms with Gasteiger partial charge in [-0.15, -0.1) is 0 Å². The summed E-state index contributed by atoms with van der Waals surface area (Å²) in [5, 5.41) is 8.90. The molecule has 0 bridgehead atoms. The second kappa shape index (κ2) is 9.01. The lowest BCUT2D eigenvalue weighted by Crippen LogP contribution is -1.92. The van der Waals surface area contributed by atoms with Gasteiger partial charge >= 0.3 is 0 Å². The Bertz CT molecular complexity index is 2800. The van der Waals surface area contributed by atoms with Gasteiger partial charge in [0, 0.05) is 43.4 Å². The highest BCUT2D eigenvalue weighted by atomic mass is 16.3. The van der Waals surface area contributed by atoms with E-state index in [1.165, 1.54) is 10.8 Å². The molecule has 0 aliphatic carbocycles. The van der Waals surface area contributed by atoms with Gasteiger partial charge in [0.1, 0.15) is 22.3 Å². The molecule has 10 aromatic rings. The summed E-state index contributed by atoms with van der Waals surface area (Å²) in [5.74, 6) is 0. The zero-order chi connectivity index (χ0) is 29.6. The van der Waals surface area contributed by atoms with E-state index in [-0.39, 0.29) is 0 Å². The number of fused-ring (bicyclic) bond motifs is 12. The highest BCUT2D eigenvalue weighted by Crippen LogP contribution is 2.41. The summed E-state index contributed by atoms with van der Waals surface area (Å²) in [6.45, 7) is 2.08. The highest BCUT2D eigenvalue weighted by molar-refractivity contribution is 6.23. The van der Waals surface area contributed by atoms with E-state index in [4.69, 9.17) is 18.8 Å². The number of benzene rings is 7. The lowest BCUT2D eigenvalue weighted by Gasteiger charge is -2.11. The molecular weight excluding hydrogens is 552 g/mol. The minimum atomic E-state index is 0.837. The van der Waals surface area contributed by atoms with Crippen LogP contribution < -0.4 is 0 Å². The lowest BCUT2D eigenvalue weighted by atomic mass is 9.98. The predicted molar refractivity (Wildman–Crippen MR) is 185 cm³/mol. The van der Waals surface area contributed by atoms with Crippen molar-refractivity contribution in [3.63, 3.8) is 0 Å². The van der Waals surface area contributed by atoms with E-state index >= 15 is 0 Å². The van der Waals surface area contributed by atoms with Crippen molar-refractivity contribution in [3.8, 4) is 22.4 Å². The Balaban J connectivity index is 1.15. The van der Waals surface area contributed by atoms with Gasteiger partial charge in [-0.3, -0.25) is 4.98 Å². The van der Waals surface area contributed by atoms with Crippen LogP contribution in [-0.2, 0) is 0 Å². The largest absolute Gasteiger partial charge is 0.456 e. The zero-order valence-electron chi connectivity index (χ0n) is 24.3. The average Bonchev–Trinajstić information content (AvgIpc) is 3.65. The SMILES string of the molecule is Cc1cccc2c1oc1cc3c(cc12)oc1c(-c2cccc(-c4cnc5c6ccccc6c6ccccc6c5n4)c2)cccc13. The van der Waals surface area contributed by atoms with Gasteiger partial charge < -0.3 is 8.83 Å². The third-order valence-electron chi connectivity index (χ3n) is 9.21. The number of furan rings is 2. The lowest BCUT2D eigenvalue weighted by molar-refractivity contribution is 0.662. The van der Waals surface area contributed by atoms with E-state index in [1.54, 1.807) is 0 Å². The molecule has 0 radical (unpaired) electrons. The van der Waals surface area contributed by atoms with Crippen molar-refractivity contribution in [2.75, 3.05) is 0 Å². The van der Waals surface area contributed by atoms with E-state index in [9.17, 15) is 0 Å². The minimum Gasteiger partial charge on any atom is -0.456 e. The molecule has 4 nitrogen and oxygen atoms in total. The van der Waals surface area contributed by atoms with Crippen LogP contribution in [0.25, 0.3) is 98.8 Å². The van der Waals surface area contributed by atoms with E-state index in [0.717, 1.165) is 93.6 Å². The molecule has 3 heterocycles. The Labute approximate surface area is 257 Å². The quantitative estimate of drug-likeness (QED) is 0.192. The molecule has 0 N–H and O–H groups in total. The highest BCUT2D eigenvalue weighted by Gasteiger charge is 2.17. The number of aryl methyl sites for hydroxylation is 1. The molecule has 0 aliphatic rings. The molecule has 210 valence electrons. The van der Waals surface area contributed by atoms with Crippen LogP contribution in [0, 0.1) is 6.92 Å². The summed E-state index contributed by atoms with van der Waals surface area (Å²) in [6, 6.07) is 42.2. The van der Waals surface area contributed by atoms with E-state index in [2.05, 4.69) is 128 Å². The molecule has 0 saturated heterocycles. The molecule has 7 aromatic carbocycles. The number of aromatic nitrogens is 2. The van der Waals surface area contributed by atoms with Crippen molar-refractivity contribution in [1.29, 1.82) is 0 Å². The molecule has 0 amide bonds. The first-order chi connectivity index (χ1) is 22.2. The third kappa shape index (κ3) is 3.48. The fourth-order valence-electron chi connectivity index (χ4n) is 7.06. The summed E-state index contributed by atoms with van der Waals surface area (Å²) in [4.78, 5) is 10.2. The summed E-state index contributed by atoms with van der Waals surface area (Å²) in [7, 11) is 0. The molecule has 10 rings (SSSR count). The molecule has 3 aromatic heterocycles. The Morgan fingerprint density at radius 2 is 1.04 bits per heavy atom. The van der Waals surface area contributed by atoms with Crippen LogP contribution in [0.1, 0.15) is 5.56 Å². The van der Waals surface area contributed by atoms with Gasteiger partial charge in [0.25, 0.3) is 0 Å². The first-order valence-corrected chi connectivity index (χ1v) is 15.2. The van der Waals surface area contributed by atoms with Crippen molar-refractivity contribution in [2.45, 2.75) is 6.92 Å². The first kappa shape index (κ1) is 24.4. The van der Waals surface area contributed by atoms with E-state index in [1.807, 2.05) is 6.20 Å². The van der Waals surface area contributed by atoms with Crippen LogP contribution >= 0.6 is 0 Å². The number of nitrogens with zero attached hydrogens (tertiary/aromatic N) is 2. The first-order valence-electron chi connectivity index (χ1n) is 15.2. The molecule has 0 spiro atoms. The molecule has 0 unspecified atom stereocenters. The van der Waals surface area contributed by atoms with Crippen molar-refractivity contribution in [2.24, 2.45) is 0 Å². The van der Waals surface area contributed by atoms with Gasteiger partial charge in [-0.2, -0.15) is 0 Å². The number of para-hydroxylation sites is 2. The summed E-state index contributed by atoms with van der Waals surface area (Å²) < 4.78 is 12.9. The van der Waals surface area contributed by atoms with Crippen molar-refractivity contribution in [3.05, 3.63) is 133 Å². The second-order valence-electron chi connectivity index (χ2n) is 11.8. The molecule has 45 heavy (non-hydrogen) atoms. The van der Waals surface area contributed by atoms with Gasteiger partial charge in [0.05, 0.1) is 22.9 Å². The third-order valence-corrected chi connectivity index (χ3v) is 9.21. The summed E-state index contributed by atoms with van der Waals surface area (Å²) >= 11 is 0. The summed E-state index contributed by atoms with van der Waals surface area (Å²) in [6.07, 6.45) is 1.89. The zero-order valence-corrected chi connectivity index (χ0v) is 24.3. The smallest absolute Gasteiger partial charge is 0.143 e. The average molecular weight is 577 g/mol. The fourth-order valence-corrected chi connectivity index (χ4v) is 7.06. The second-order valence-corrected chi connectivity index (χ2v) is 11.8. The van der Waals surface area contributed by atoms with Crippen LogP contribution in [0.3, 0.4) is 0 Å². The van der Waals surface area contributed by atoms with Crippen LogP contribution in [-0.4, -0.2) is 9.97 Å². The minimum absolute atomic E-state index is 0.837. The van der Waals surface area contributed by atoms with Gasteiger partial charge in [0.2, 0.25) is 0 Å². The predicted octanol–water partition coefficient (Wildman–Crippen LogP) is 11.4. The van der Waals surface area contributed by atoms with Gasteiger partial charge in [-0.25, -0.2) is 4.98 Å². The van der Waals surface area contributed by atoms with Crippen molar-refractivity contribution >= 4 is 76.5 Å². The maximum atomic E-state index is 6.62. The molecule has 0 fully saturated rings. The van der Waals surface area contributed by atoms with Crippen LogP contribution in [0.2, 0.25) is 0 Å². The van der Waals surface area contributed by atoms with Gasteiger partial charge in [0.15, 0.2) is 0 Å². The molecular formula is C41H24N2O2. The Morgan fingerprint density at radius 3 is 1.80 bits per heavy atom. The van der Waals surface area contributed by atoms with E-state index in [0.29, 0.717) is 0 Å². The maximum absolute atomic E-state index is 6.62. The Hall–Kier alpha value is -6.00. The molecule has 0 atom stereocenters. The number of hydrogen-bond donors (Lipinski definition) is 0.